The first-order chi connectivity index (χ1) is 8.04. The Morgan fingerprint density at radius 1 is 1.35 bits per heavy atom. The zero-order valence-electron chi connectivity index (χ0n) is 10.5. The van der Waals surface area contributed by atoms with Crippen molar-refractivity contribution in [1.29, 1.82) is 0 Å². The highest BCUT2D eigenvalue weighted by atomic mass is 16.5. The zero-order valence-corrected chi connectivity index (χ0v) is 10.5. The first-order valence-electron chi connectivity index (χ1n) is 5.40. The van der Waals surface area contributed by atoms with E-state index in [4.69, 9.17) is 4.74 Å². The molecule has 1 amide bonds. The van der Waals surface area contributed by atoms with Crippen LogP contribution in [-0.4, -0.2) is 12.5 Å². The number of carbonyl (C=O) groups is 1. The van der Waals surface area contributed by atoms with Gasteiger partial charge in [-0.15, -0.1) is 0 Å². The number of nitrogens with one attached hydrogen (secondary N) is 2. The van der Waals surface area contributed by atoms with Gasteiger partial charge in [-0.25, -0.2) is 0 Å². The molecule has 0 fully saturated rings. The van der Waals surface area contributed by atoms with Gasteiger partial charge in [0.25, 0.3) is 5.91 Å². The van der Waals surface area contributed by atoms with Gasteiger partial charge >= 0.3 is 0 Å². The van der Waals surface area contributed by atoms with Gasteiger partial charge in [-0.05, 0) is 49.6 Å². The van der Waals surface area contributed by atoms with Crippen LogP contribution in [0.15, 0.2) is 24.9 Å². The van der Waals surface area contributed by atoms with Crippen molar-refractivity contribution in [3.05, 3.63) is 41.6 Å². The highest BCUT2D eigenvalue weighted by Gasteiger charge is 2.04. The van der Waals surface area contributed by atoms with Crippen LogP contribution in [0.5, 0.6) is 5.75 Å². The van der Waals surface area contributed by atoms with Crippen LogP contribution in [0, 0.1) is 20.8 Å². The average Bonchev–Trinajstić information content (AvgIpc) is 2.30. The summed E-state index contributed by atoms with van der Waals surface area (Å²) >= 11 is 0. The van der Waals surface area contributed by atoms with E-state index in [-0.39, 0.29) is 12.5 Å². The normalized spacial score (nSPS) is 9.59. The van der Waals surface area contributed by atoms with E-state index in [1.54, 1.807) is 0 Å². The number of ether oxygens (including phenoxy) is 1. The molecular formula is C13H18N2O2. The summed E-state index contributed by atoms with van der Waals surface area (Å²) in [5.74, 6) is 0.458. The van der Waals surface area contributed by atoms with Crippen molar-refractivity contribution in [1.82, 2.24) is 10.9 Å². The highest BCUT2D eigenvalue weighted by molar-refractivity contribution is 5.77. The largest absolute Gasteiger partial charge is 0.484 e. The van der Waals surface area contributed by atoms with Crippen molar-refractivity contribution < 1.29 is 9.53 Å². The number of aryl methyl sites for hydroxylation is 2. The molecule has 1 aromatic carbocycles. The fourth-order valence-electron chi connectivity index (χ4n) is 1.40. The number of carbonyl (C=O) groups excluding carboxylic acids is 1. The summed E-state index contributed by atoms with van der Waals surface area (Å²) < 4.78 is 5.40. The standard InChI is InChI=1S/C13H18N2O2/c1-5-14-15-13(16)8-17-12-6-9(2)11(4)10(3)7-12/h5-7,14H,1,8H2,2-4H3,(H,15,16). The minimum atomic E-state index is -0.249. The smallest absolute Gasteiger partial charge is 0.276 e. The molecule has 1 rings (SSSR count). The molecule has 0 aromatic heterocycles. The Balaban J connectivity index is 2.58. The van der Waals surface area contributed by atoms with Crippen molar-refractivity contribution in [3.8, 4) is 5.75 Å². The number of benzene rings is 1. The van der Waals surface area contributed by atoms with Gasteiger partial charge in [0.05, 0.1) is 0 Å². The molecular weight excluding hydrogens is 216 g/mol. The van der Waals surface area contributed by atoms with E-state index in [0.29, 0.717) is 5.75 Å². The maximum atomic E-state index is 11.3. The number of hydrogen-bond donors (Lipinski definition) is 2. The number of hydrogen-bond acceptors (Lipinski definition) is 3. The van der Waals surface area contributed by atoms with E-state index in [2.05, 4.69) is 24.4 Å². The summed E-state index contributed by atoms with van der Waals surface area (Å²) in [4.78, 5) is 11.3. The third kappa shape index (κ3) is 3.83. The molecule has 0 atom stereocenters. The molecule has 0 saturated heterocycles. The van der Waals surface area contributed by atoms with Gasteiger partial charge in [0.15, 0.2) is 6.61 Å². The Morgan fingerprint density at radius 3 is 2.47 bits per heavy atom. The summed E-state index contributed by atoms with van der Waals surface area (Å²) in [5.41, 5.74) is 8.47. The molecule has 2 N–H and O–H groups in total. The molecule has 92 valence electrons. The summed E-state index contributed by atoms with van der Waals surface area (Å²) in [7, 11) is 0. The predicted molar refractivity (Wildman–Crippen MR) is 67.6 cm³/mol. The van der Waals surface area contributed by atoms with Crippen molar-refractivity contribution in [2.75, 3.05) is 6.61 Å². The minimum Gasteiger partial charge on any atom is -0.484 e. The molecule has 0 aliphatic heterocycles. The van der Waals surface area contributed by atoms with Crippen LogP contribution in [0.1, 0.15) is 16.7 Å². The van der Waals surface area contributed by atoms with E-state index in [1.807, 2.05) is 26.0 Å². The van der Waals surface area contributed by atoms with Crippen LogP contribution in [0.3, 0.4) is 0 Å². The van der Waals surface area contributed by atoms with Gasteiger partial charge in [-0.3, -0.25) is 10.2 Å². The molecule has 0 heterocycles. The summed E-state index contributed by atoms with van der Waals surface area (Å²) in [5, 5.41) is 0. The van der Waals surface area contributed by atoms with Crippen molar-refractivity contribution in [3.63, 3.8) is 0 Å². The third-order valence-electron chi connectivity index (χ3n) is 2.58. The van der Waals surface area contributed by atoms with Crippen LogP contribution < -0.4 is 15.6 Å². The van der Waals surface area contributed by atoms with Gasteiger partial charge in [-0.2, -0.15) is 0 Å². The molecule has 1 aromatic rings. The van der Waals surface area contributed by atoms with Crippen LogP contribution in [-0.2, 0) is 4.79 Å². The predicted octanol–water partition coefficient (Wildman–Crippen LogP) is 1.75. The minimum absolute atomic E-state index is 0.0250. The van der Waals surface area contributed by atoms with Gasteiger partial charge in [0.1, 0.15) is 5.75 Å². The van der Waals surface area contributed by atoms with E-state index in [1.165, 1.54) is 11.8 Å². The Hall–Kier alpha value is -1.97. The SMILES string of the molecule is C=CNNC(=O)COc1cc(C)c(C)c(C)c1. The average molecular weight is 234 g/mol. The third-order valence-corrected chi connectivity index (χ3v) is 2.58. The second kappa shape index (κ2) is 5.94. The van der Waals surface area contributed by atoms with Gasteiger partial charge < -0.3 is 10.2 Å². The molecule has 0 aliphatic carbocycles. The molecule has 0 saturated carbocycles. The van der Waals surface area contributed by atoms with Crippen LogP contribution in [0.4, 0.5) is 0 Å². The molecule has 0 unspecified atom stereocenters. The Labute approximate surface area is 102 Å². The second-order valence-corrected chi connectivity index (χ2v) is 3.87. The maximum Gasteiger partial charge on any atom is 0.276 e. The van der Waals surface area contributed by atoms with Crippen molar-refractivity contribution >= 4 is 5.91 Å². The molecule has 0 spiro atoms. The quantitative estimate of drug-likeness (QED) is 0.763. The van der Waals surface area contributed by atoms with E-state index in [0.717, 1.165) is 11.1 Å². The second-order valence-electron chi connectivity index (χ2n) is 3.87. The molecule has 17 heavy (non-hydrogen) atoms. The van der Waals surface area contributed by atoms with Crippen molar-refractivity contribution in [2.45, 2.75) is 20.8 Å². The van der Waals surface area contributed by atoms with E-state index >= 15 is 0 Å². The number of hydrazine groups is 1. The van der Waals surface area contributed by atoms with Gasteiger partial charge in [0.2, 0.25) is 0 Å². The molecule has 0 aliphatic rings. The molecule has 0 radical (unpaired) electrons. The van der Waals surface area contributed by atoms with Crippen molar-refractivity contribution in [2.24, 2.45) is 0 Å². The Kier molecular flexibility index (Phi) is 4.57. The fraction of sp³-hybridized carbons (Fsp3) is 0.308. The fourth-order valence-corrected chi connectivity index (χ4v) is 1.40. The van der Waals surface area contributed by atoms with Gasteiger partial charge in [0, 0.05) is 6.20 Å². The van der Waals surface area contributed by atoms with Crippen LogP contribution in [0.2, 0.25) is 0 Å². The van der Waals surface area contributed by atoms with E-state index in [9.17, 15) is 4.79 Å². The molecule has 4 heteroatoms. The topological polar surface area (TPSA) is 50.4 Å². The van der Waals surface area contributed by atoms with Gasteiger partial charge in [-0.1, -0.05) is 6.58 Å². The maximum absolute atomic E-state index is 11.3. The van der Waals surface area contributed by atoms with Crippen LogP contribution >= 0.6 is 0 Å². The lowest BCUT2D eigenvalue weighted by Crippen LogP contribution is -2.36. The molecule has 4 nitrogen and oxygen atoms in total. The first-order valence-corrected chi connectivity index (χ1v) is 5.40. The summed E-state index contributed by atoms with van der Waals surface area (Å²) in [6, 6.07) is 3.85. The Bertz CT molecular complexity index is 404. The lowest BCUT2D eigenvalue weighted by molar-refractivity contribution is -0.123. The highest BCUT2D eigenvalue weighted by Crippen LogP contribution is 2.20. The summed E-state index contributed by atoms with van der Waals surface area (Å²) in [6.45, 7) is 9.50. The number of rotatable bonds is 5. The monoisotopic (exact) mass is 234 g/mol. The van der Waals surface area contributed by atoms with Crippen LogP contribution in [0.25, 0.3) is 0 Å². The zero-order chi connectivity index (χ0) is 12.8. The first kappa shape index (κ1) is 13.1. The van der Waals surface area contributed by atoms with E-state index < -0.39 is 0 Å². The lowest BCUT2D eigenvalue weighted by Gasteiger charge is -2.10. The Morgan fingerprint density at radius 2 is 1.94 bits per heavy atom. The number of amides is 1. The summed E-state index contributed by atoms with van der Waals surface area (Å²) in [6.07, 6.45) is 1.39. The molecule has 0 bridgehead atoms. The lowest BCUT2D eigenvalue weighted by atomic mass is 10.0.